The van der Waals surface area contributed by atoms with E-state index in [1.807, 2.05) is 0 Å². The highest BCUT2D eigenvalue weighted by Gasteiger charge is 2.28. The van der Waals surface area contributed by atoms with Crippen molar-refractivity contribution in [1.29, 1.82) is 5.26 Å². The number of aromatic nitrogens is 2. The minimum atomic E-state index is -3.75. The number of rotatable bonds is 4. The van der Waals surface area contributed by atoms with E-state index in [-0.39, 0.29) is 23.1 Å². The molecule has 8 heteroatoms. The maximum atomic E-state index is 12.1. The van der Waals surface area contributed by atoms with Gasteiger partial charge < -0.3 is 0 Å². The Bertz CT molecular complexity index is 497. The molecule has 0 N–H and O–H groups in total. The first-order valence-electron chi connectivity index (χ1n) is 4.49. The highest BCUT2D eigenvalue weighted by Crippen LogP contribution is 2.23. The fourth-order valence-electron chi connectivity index (χ4n) is 1.26. The predicted octanol–water partition coefficient (Wildman–Crippen LogP) is 0.608. The van der Waals surface area contributed by atoms with Crippen molar-refractivity contribution in [1.82, 2.24) is 14.1 Å². The number of halogens is 1. The molecule has 0 radical (unpaired) electrons. The Hall–Kier alpha value is -1.10. The van der Waals surface area contributed by atoms with E-state index in [4.69, 9.17) is 16.9 Å². The van der Waals surface area contributed by atoms with Crippen molar-refractivity contribution in [2.24, 2.45) is 7.05 Å². The van der Waals surface area contributed by atoms with Crippen LogP contribution < -0.4 is 0 Å². The van der Waals surface area contributed by atoms with Crippen molar-refractivity contribution in [3.8, 4) is 6.07 Å². The third-order valence-electron chi connectivity index (χ3n) is 2.03. The van der Waals surface area contributed by atoms with Gasteiger partial charge in [0.2, 0.25) is 0 Å². The van der Waals surface area contributed by atoms with Crippen LogP contribution in [0.15, 0.2) is 11.2 Å². The van der Waals surface area contributed by atoms with Gasteiger partial charge in [-0.1, -0.05) is 18.5 Å². The summed E-state index contributed by atoms with van der Waals surface area (Å²) in [5.74, 6) is 0. The molecule has 0 spiro atoms. The summed E-state index contributed by atoms with van der Waals surface area (Å²) >= 11 is 5.76. The molecule has 0 fully saturated rings. The zero-order valence-corrected chi connectivity index (χ0v) is 10.5. The molecule has 0 amide bonds. The van der Waals surface area contributed by atoms with Gasteiger partial charge in [-0.25, -0.2) is 8.42 Å². The van der Waals surface area contributed by atoms with Crippen LogP contribution in [0.4, 0.5) is 0 Å². The van der Waals surface area contributed by atoms with Gasteiger partial charge in [0.15, 0.2) is 5.03 Å². The molecular formula is C8H11ClN4O2S. The van der Waals surface area contributed by atoms with E-state index in [9.17, 15) is 8.42 Å². The monoisotopic (exact) mass is 262 g/mol. The van der Waals surface area contributed by atoms with Crippen LogP contribution >= 0.6 is 11.6 Å². The standard InChI is InChI=1S/C8H11ClN4O2S/c1-3-13(5-4-10)16(14,15)8-7(9)6-11-12(8)2/h6H,3,5H2,1-2H3. The molecule has 0 aromatic carbocycles. The van der Waals surface area contributed by atoms with Gasteiger partial charge in [-0.2, -0.15) is 14.7 Å². The second kappa shape index (κ2) is 4.82. The molecular weight excluding hydrogens is 252 g/mol. The molecule has 1 aromatic rings. The summed E-state index contributed by atoms with van der Waals surface area (Å²) < 4.78 is 26.4. The van der Waals surface area contributed by atoms with E-state index in [0.717, 1.165) is 4.31 Å². The molecule has 6 nitrogen and oxygen atoms in total. The molecule has 0 aliphatic carbocycles. The van der Waals surface area contributed by atoms with E-state index in [1.54, 1.807) is 13.0 Å². The summed E-state index contributed by atoms with van der Waals surface area (Å²) in [7, 11) is -2.27. The molecule has 0 bridgehead atoms. The first-order valence-corrected chi connectivity index (χ1v) is 6.31. The average molecular weight is 263 g/mol. The van der Waals surface area contributed by atoms with E-state index in [0.29, 0.717) is 0 Å². The number of hydrogen-bond acceptors (Lipinski definition) is 4. The third-order valence-corrected chi connectivity index (χ3v) is 4.46. The van der Waals surface area contributed by atoms with Crippen LogP contribution in [-0.2, 0) is 17.1 Å². The molecule has 0 saturated heterocycles. The van der Waals surface area contributed by atoms with Gasteiger partial charge >= 0.3 is 0 Å². The lowest BCUT2D eigenvalue weighted by atomic mass is 10.6. The number of nitrogens with zero attached hydrogens (tertiary/aromatic N) is 4. The lowest BCUT2D eigenvalue weighted by molar-refractivity contribution is 0.453. The van der Waals surface area contributed by atoms with Crippen LogP contribution in [0.5, 0.6) is 0 Å². The van der Waals surface area contributed by atoms with Crippen molar-refractivity contribution in [2.45, 2.75) is 11.9 Å². The Morgan fingerprint density at radius 3 is 2.69 bits per heavy atom. The Morgan fingerprint density at radius 2 is 2.31 bits per heavy atom. The van der Waals surface area contributed by atoms with E-state index in [1.165, 1.54) is 17.9 Å². The van der Waals surface area contributed by atoms with Crippen molar-refractivity contribution >= 4 is 21.6 Å². The molecule has 1 rings (SSSR count). The molecule has 16 heavy (non-hydrogen) atoms. The van der Waals surface area contributed by atoms with Gasteiger partial charge in [0, 0.05) is 13.6 Å². The Balaban J connectivity index is 3.26. The number of sulfonamides is 1. The average Bonchev–Trinajstić information content (AvgIpc) is 2.55. The first-order chi connectivity index (χ1) is 7.45. The van der Waals surface area contributed by atoms with E-state index in [2.05, 4.69) is 5.10 Å². The molecule has 88 valence electrons. The van der Waals surface area contributed by atoms with Gasteiger partial charge in [0.1, 0.15) is 6.54 Å². The van der Waals surface area contributed by atoms with Gasteiger partial charge in [0.05, 0.1) is 17.3 Å². The highest BCUT2D eigenvalue weighted by molar-refractivity contribution is 7.89. The maximum absolute atomic E-state index is 12.1. The fraction of sp³-hybridized carbons (Fsp3) is 0.500. The molecule has 0 aliphatic heterocycles. The molecule has 1 aromatic heterocycles. The van der Waals surface area contributed by atoms with Crippen LogP contribution in [0, 0.1) is 11.3 Å². The highest BCUT2D eigenvalue weighted by atomic mass is 35.5. The lowest BCUT2D eigenvalue weighted by Gasteiger charge is -2.17. The summed E-state index contributed by atoms with van der Waals surface area (Å²) in [6, 6.07) is 1.80. The third kappa shape index (κ3) is 2.19. The lowest BCUT2D eigenvalue weighted by Crippen LogP contribution is -2.32. The zero-order valence-electron chi connectivity index (χ0n) is 8.88. The van der Waals surface area contributed by atoms with Gasteiger partial charge in [-0.3, -0.25) is 4.68 Å². The largest absolute Gasteiger partial charge is 0.262 e. The summed E-state index contributed by atoms with van der Waals surface area (Å²) in [6.45, 7) is 1.65. The molecule has 1 heterocycles. The quantitative estimate of drug-likeness (QED) is 0.745. The summed E-state index contributed by atoms with van der Waals surface area (Å²) in [6.07, 6.45) is 1.26. The predicted molar refractivity (Wildman–Crippen MR) is 58.3 cm³/mol. The summed E-state index contributed by atoms with van der Waals surface area (Å²) in [4.78, 5) is 0. The number of hydrogen-bond donors (Lipinski definition) is 0. The fourth-order valence-corrected chi connectivity index (χ4v) is 3.21. The number of nitriles is 1. The van der Waals surface area contributed by atoms with Crippen molar-refractivity contribution < 1.29 is 8.42 Å². The Morgan fingerprint density at radius 1 is 1.69 bits per heavy atom. The van der Waals surface area contributed by atoms with Crippen LogP contribution in [0.25, 0.3) is 0 Å². The topological polar surface area (TPSA) is 79.0 Å². The van der Waals surface area contributed by atoms with Gasteiger partial charge in [-0.05, 0) is 0 Å². The second-order valence-corrected chi connectivity index (χ2v) is 5.27. The summed E-state index contributed by atoms with van der Waals surface area (Å²) in [5.41, 5.74) is 0. The van der Waals surface area contributed by atoms with E-state index >= 15 is 0 Å². The Kier molecular flexibility index (Phi) is 3.91. The van der Waals surface area contributed by atoms with Gasteiger partial charge in [-0.15, -0.1) is 0 Å². The Labute approximate surface area is 99.1 Å². The SMILES string of the molecule is CCN(CC#N)S(=O)(=O)c1c(Cl)cnn1C. The van der Waals surface area contributed by atoms with Crippen LogP contribution in [0.1, 0.15) is 6.92 Å². The van der Waals surface area contributed by atoms with Crippen molar-refractivity contribution in [3.05, 3.63) is 11.2 Å². The van der Waals surface area contributed by atoms with Crippen molar-refractivity contribution in [3.63, 3.8) is 0 Å². The maximum Gasteiger partial charge on any atom is 0.262 e. The van der Waals surface area contributed by atoms with Crippen LogP contribution in [-0.4, -0.2) is 35.6 Å². The minimum absolute atomic E-state index is 0.0545. The first kappa shape index (κ1) is 13.0. The molecule has 0 aliphatic rings. The second-order valence-electron chi connectivity index (χ2n) is 3.01. The molecule has 0 saturated carbocycles. The van der Waals surface area contributed by atoms with E-state index < -0.39 is 10.0 Å². The van der Waals surface area contributed by atoms with Gasteiger partial charge in [0.25, 0.3) is 10.0 Å². The van der Waals surface area contributed by atoms with Crippen LogP contribution in [0.2, 0.25) is 5.02 Å². The van der Waals surface area contributed by atoms with Crippen LogP contribution in [0.3, 0.4) is 0 Å². The summed E-state index contributed by atoms with van der Waals surface area (Å²) in [5, 5.41) is 12.3. The zero-order chi connectivity index (χ0) is 12.3. The van der Waals surface area contributed by atoms with Crippen molar-refractivity contribution in [2.75, 3.05) is 13.1 Å². The minimum Gasteiger partial charge on any atom is -0.255 e. The number of aryl methyl sites for hydroxylation is 1. The smallest absolute Gasteiger partial charge is 0.255 e. The molecule has 0 atom stereocenters. The molecule has 0 unspecified atom stereocenters. The normalized spacial score (nSPS) is 11.7.